The van der Waals surface area contributed by atoms with E-state index < -0.39 is 0 Å². The van der Waals surface area contributed by atoms with Crippen molar-refractivity contribution in [2.24, 2.45) is 0 Å². The van der Waals surface area contributed by atoms with Crippen LogP contribution in [0.15, 0.2) is 61.1 Å². The SMILES string of the molecule is COc1ccccc1-n1cc(C(=O)NCCCc2ccccn2)cn1. The molecule has 2 aromatic heterocycles. The molecule has 1 amide bonds. The first kappa shape index (κ1) is 16.7. The second kappa shape index (κ2) is 8.10. The third kappa shape index (κ3) is 4.23. The maximum Gasteiger partial charge on any atom is 0.254 e. The van der Waals surface area contributed by atoms with Crippen LogP contribution in [0.4, 0.5) is 0 Å². The smallest absolute Gasteiger partial charge is 0.254 e. The number of aromatic nitrogens is 3. The van der Waals surface area contributed by atoms with Crippen molar-refractivity contribution in [3.8, 4) is 11.4 Å². The maximum absolute atomic E-state index is 12.2. The summed E-state index contributed by atoms with van der Waals surface area (Å²) in [7, 11) is 1.61. The summed E-state index contributed by atoms with van der Waals surface area (Å²) in [4.78, 5) is 16.5. The monoisotopic (exact) mass is 336 g/mol. The summed E-state index contributed by atoms with van der Waals surface area (Å²) in [6.45, 7) is 0.593. The lowest BCUT2D eigenvalue weighted by Gasteiger charge is -2.07. The summed E-state index contributed by atoms with van der Waals surface area (Å²) in [5.41, 5.74) is 2.34. The van der Waals surface area contributed by atoms with Gasteiger partial charge in [-0.2, -0.15) is 5.10 Å². The van der Waals surface area contributed by atoms with Crippen LogP contribution in [-0.4, -0.2) is 34.3 Å². The van der Waals surface area contributed by atoms with E-state index in [4.69, 9.17) is 4.74 Å². The number of hydrogen-bond acceptors (Lipinski definition) is 4. The number of pyridine rings is 1. The quantitative estimate of drug-likeness (QED) is 0.674. The Balaban J connectivity index is 1.56. The lowest BCUT2D eigenvalue weighted by molar-refractivity contribution is 0.0953. The Labute approximate surface area is 146 Å². The zero-order valence-corrected chi connectivity index (χ0v) is 14.1. The van der Waals surface area contributed by atoms with Crippen molar-refractivity contribution >= 4 is 5.91 Å². The van der Waals surface area contributed by atoms with Gasteiger partial charge in [-0.15, -0.1) is 0 Å². The fourth-order valence-corrected chi connectivity index (χ4v) is 2.51. The third-order valence-electron chi connectivity index (χ3n) is 3.80. The summed E-state index contributed by atoms with van der Waals surface area (Å²) in [5.74, 6) is 0.565. The topological polar surface area (TPSA) is 69.0 Å². The number of nitrogens with zero attached hydrogens (tertiary/aromatic N) is 3. The van der Waals surface area contributed by atoms with Crippen LogP contribution >= 0.6 is 0 Å². The summed E-state index contributed by atoms with van der Waals surface area (Å²) in [6.07, 6.45) is 6.71. The molecule has 0 aliphatic carbocycles. The highest BCUT2D eigenvalue weighted by atomic mass is 16.5. The van der Waals surface area contributed by atoms with Gasteiger partial charge in [0.2, 0.25) is 0 Å². The number of hydrogen-bond donors (Lipinski definition) is 1. The molecule has 128 valence electrons. The summed E-state index contributed by atoms with van der Waals surface area (Å²) < 4.78 is 6.96. The fraction of sp³-hybridized carbons (Fsp3) is 0.211. The Morgan fingerprint density at radius 2 is 2.04 bits per heavy atom. The van der Waals surface area contributed by atoms with Gasteiger partial charge in [0.1, 0.15) is 11.4 Å². The van der Waals surface area contributed by atoms with E-state index in [1.165, 1.54) is 0 Å². The predicted molar refractivity (Wildman–Crippen MR) is 95.0 cm³/mol. The number of para-hydroxylation sites is 2. The molecule has 3 rings (SSSR count). The van der Waals surface area contributed by atoms with E-state index in [0.29, 0.717) is 17.9 Å². The van der Waals surface area contributed by atoms with E-state index in [9.17, 15) is 4.79 Å². The van der Waals surface area contributed by atoms with Crippen LogP contribution in [0.3, 0.4) is 0 Å². The first-order valence-electron chi connectivity index (χ1n) is 8.14. The molecule has 0 bridgehead atoms. The Morgan fingerprint density at radius 3 is 2.84 bits per heavy atom. The predicted octanol–water partition coefficient (Wildman–Crippen LogP) is 2.64. The average Bonchev–Trinajstić information content (AvgIpc) is 3.16. The zero-order chi connectivity index (χ0) is 17.5. The van der Waals surface area contributed by atoms with Gasteiger partial charge in [-0.05, 0) is 37.1 Å². The zero-order valence-electron chi connectivity index (χ0n) is 14.1. The molecule has 0 radical (unpaired) electrons. The second-order valence-corrected chi connectivity index (χ2v) is 5.53. The summed E-state index contributed by atoms with van der Waals surface area (Å²) in [6, 6.07) is 13.4. The van der Waals surface area contributed by atoms with Gasteiger partial charge in [0.25, 0.3) is 5.91 Å². The standard InChI is InChI=1S/C19H20N4O2/c1-25-18-10-3-2-9-17(18)23-14-15(13-22-23)19(24)21-12-6-8-16-7-4-5-11-20-16/h2-5,7,9-11,13-14H,6,8,12H2,1H3,(H,21,24). The van der Waals surface area contributed by atoms with E-state index in [0.717, 1.165) is 24.2 Å². The first-order valence-corrected chi connectivity index (χ1v) is 8.14. The molecule has 0 atom stereocenters. The summed E-state index contributed by atoms with van der Waals surface area (Å²) >= 11 is 0. The number of rotatable bonds is 7. The second-order valence-electron chi connectivity index (χ2n) is 5.53. The van der Waals surface area contributed by atoms with Gasteiger partial charge in [0.05, 0.1) is 18.9 Å². The third-order valence-corrected chi connectivity index (χ3v) is 3.80. The van der Waals surface area contributed by atoms with Crippen LogP contribution < -0.4 is 10.1 Å². The van der Waals surface area contributed by atoms with Gasteiger partial charge in [0.15, 0.2) is 0 Å². The Bertz CT molecular complexity index is 830. The summed E-state index contributed by atoms with van der Waals surface area (Å²) in [5, 5.41) is 7.17. The Kier molecular flexibility index (Phi) is 5.41. The van der Waals surface area contributed by atoms with Crippen molar-refractivity contribution in [2.45, 2.75) is 12.8 Å². The van der Waals surface area contributed by atoms with Crippen LogP contribution in [0, 0.1) is 0 Å². The molecule has 0 spiro atoms. The number of carbonyl (C=O) groups excluding carboxylic acids is 1. The van der Waals surface area contributed by atoms with E-state index in [-0.39, 0.29) is 5.91 Å². The van der Waals surface area contributed by atoms with Crippen LogP contribution in [0.5, 0.6) is 5.75 Å². The molecule has 0 aliphatic rings. The van der Waals surface area contributed by atoms with E-state index in [1.807, 2.05) is 42.5 Å². The van der Waals surface area contributed by atoms with Crippen molar-refractivity contribution in [2.75, 3.05) is 13.7 Å². The number of aryl methyl sites for hydroxylation is 1. The van der Waals surface area contributed by atoms with Crippen LogP contribution in [0.1, 0.15) is 22.5 Å². The lowest BCUT2D eigenvalue weighted by Crippen LogP contribution is -2.24. The molecule has 0 fully saturated rings. The number of benzene rings is 1. The van der Waals surface area contributed by atoms with Crippen LogP contribution in [0.25, 0.3) is 5.69 Å². The van der Waals surface area contributed by atoms with Gasteiger partial charge in [0, 0.05) is 24.6 Å². The molecule has 6 nitrogen and oxygen atoms in total. The first-order chi connectivity index (χ1) is 12.3. The van der Waals surface area contributed by atoms with E-state index in [1.54, 1.807) is 30.4 Å². The van der Waals surface area contributed by atoms with E-state index in [2.05, 4.69) is 15.4 Å². The molecule has 6 heteroatoms. The highest BCUT2D eigenvalue weighted by Gasteiger charge is 2.11. The number of ether oxygens (including phenoxy) is 1. The minimum atomic E-state index is -0.137. The van der Waals surface area contributed by atoms with Crippen molar-refractivity contribution < 1.29 is 9.53 Å². The average molecular weight is 336 g/mol. The Hall–Kier alpha value is -3.15. The fourth-order valence-electron chi connectivity index (χ4n) is 2.51. The normalized spacial score (nSPS) is 10.4. The molecule has 0 aliphatic heterocycles. The number of nitrogens with one attached hydrogen (secondary N) is 1. The van der Waals surface area contributed by atoms with Gasteiger partial charge in [-0.3, -0.25) is 9.78 Å². The highest BCUT2D eigenvalue weighted by Crippen LogP contribution is 2.21. The van der Waals surface area contributed by atoms with Crippen LogP contribution in [0.2, 0.25) is 0 Å². The largest absolute Gasteiger partial charge is 0.494 e. The molecule has 0 unspecified atom stereocenters. The molecule has 25 heavy (non-hydrogen) atoms. The van der Waals surface area contributed by atoms with Crippen molar-refractivity contribution in [3.63, 3.8) is 0 Å². The Morgan fingerprint density at radius 1 is 1.20 bits per heavy atom. The van der Waals surface area contributed by atoms with Gasteiger partial charge >= 0.3 is 0 Å². The minimum Gasteiger partial charge on any atom is -0.494 e. The minimum absolute atomic E-state index is 0.137. The number of carbonyl (C=O) groups is 1. The molecule has 2 heterocycles. The highest BCUT2D eigenvalue weighted by molar-refractivity contribution is 5.93. The molecule has 1 aromatic carbocycles. The molecule has 0 saturated carbocycles. The molecule has 3 aromatic rings. The van der Waals surface area contributed by atoms with Gasteiger partial charge < -0.3 is 10.1 Å². The van der Waals surface area contributed by atoms with Gasteiger partial charge in [-0.25, -0.2) is 4.68 Å². The molecular formula is C19H20N4O2. The van der Waals surface area contributed by atoms with Crippen molar-refractivity contribution in [1.82, 2.24) is 20.1 Å². The number of methoxy groups -OCH3 is 1. The lowest BCUT2D eigenvalue weighted by atomic mass is 10.2. The van der Waals surface area contributed by atoms with Crippen molar-refractivity contribution in [1.29, 1.82) is 0 Å². The number of amides is 1. The van der Waals surface area contributed by atoms with E-state index >= 15 is 0 Å². The van der Waals surface area contributed by atoms with Crippen LogP contribution in [-0.2, 0) is 6.42 Å². The van der Waals surface area contributed by atoms with Crippen molar-refractivity contribution in [3.05, 3.63) is 72.3 Å². The molecule has 0 saturated heterocycles. The molecule has 1 N–H and O–H groups in total. The van der Waals surface area contributed by atoms with Gasteiger partial charge in [-0.1, -0.05) is 18.2 Å². The maximum atomic E-state index is 12.2. The molecular weight excluding hydrogens is 316 g/mol.